The van der Waals surface area contributed by atoms with E-state index in [0.29, 0.717) is 36.7 Å². The Bertz CT molecular complexity index is 920. The van der Waals surface area contributed by atoms with Crippen molar-refractivity contribution in [3.8, 4) is 6.07 Å². The number of nitriles is 1. The fourth-order valence-corrected chi connectivity index (χ4v) is 3.29. The molecule has 0 unspecified atom stereocenters. The number of aliphatic hydroxyl groups is 1. The number of nitrogens with one attached hydrogen (secondary N) is 2. The Balaban J connectivity index is 1.64. The molecule has 0 spiro atoms. The van der Waals surface area contributed by atoms with E-state index < -0.39 is 12.0 Å². The number of anilines is 2. The topological polar surface area (TPSA) is 93.9 Å². The summed E-state index contributed by atoms with van der Waals surface area (Å²) in [5.74, 6) is -2.10. The third-order valence-electron chi connectivity index (χ3n) is 5.57. The zero-order valence-electron chi connectivity index (χ0n) is 16.7. The SMILES string of the molecule is CC(F)(F)c1cccc(CCNc2ncc(C#N)c(N[C@@H]3C[C@H](O)C3(C)C)n2)c1. The van der Waals surface area contributed by atoms with Crippen LogP contribution in [0.25, 0.3) is 0 Å². The second-order valence-electron chi connectivity index (χ2n) is 8.10. The van der Waals surface area contributed by atoms with Gasteiger partial charge in [-0.25, -0.2) is 13.8 Å². The van der Waals surface area contributed by atoms with Gasteiger partial charge in [0, 0.05) is 30.5 Å². The number of nitrogens with zero attached hydrogens (tertiary/aromatic N) is 3. The third kappa shape index (κ3) is 4.62. The van der Waals surface area contributed by atoms with E-state index in [1.54, 1.807) is 12.1 Å². The van der Waals surface area contributed by atoms with Crippen LogP contribution >= 0.6 is 0 Å². The maximum absolute atomic E-state index is 13.5. The maximum Gasteiger partial charge on any atom is 0.270 e. The van der Waals surface area contributed by atoms with Crippen LogP contribution in [0.4, 0.5) is 20.5 Å². The van der Waals surface area contributed by atoms with Gasteiger partial charge in [-0.15, -0.1) is 0 Å². The number of halogens is 2. The lowest BCUT2D eigenvalue weighted by atomic mass is 9.64. The lowest BCUT2D eigenvalue weighted by molar-refractivity contribution is -0.0511. The number of aromatic nitrogens is 2. The van der Waals surface area contributed by atoms with Crippen LogP contribution in [0.5, 0.6) is 0 Å². The van der Waals surface area contributed by atoms with Gasteiger partial charge >= 0.3 is 0 Å². The molecule has 0 radical (unpaired) electrons. The minimum Gasteiger partial charge on any atom is -0.392 e. The van der Waals surface area contributed by atoms with Crippen LogP contribution in [-0.2, 0) is 12.3 Å². The first-order chi connectivity index (χ1) is 13.6. The summed E-state index contributed by atoms with van der Waals surface area (Å²) in [4.78, 5) is 8.53. The molecule has 1 saturated carbocycles. The minimum absolute atomic E-state index is 0.00537. The Morgan fingerprint density at radius 3 is 2.76 bits per heavy atom. The molecule has 1 heterocycles. The van der Waals surface area contributed by atoms with Crippen molar-refractivity contribution in [3.63, 3.8) is 0 Å². The predicted molar refractivity (Wildman–Crippen MR) is 107 cm³/mol. The van der Waals surface area contributed by atoms with Gasteiger partial charge in [0.1, 0.15) is 17.5 Å². The van der Waals surface area contributed by atoms with Gasteiger partial charge < -0.3 is 15.7 Å². The first kappa shape index (κ1) is 20.9. The zero-order valence-corrected chi connectivity index (χ0v) is 16.7. The minimum atomic E-state index is -2.87. The Morgan fingerprint density at radius 1 is 1.38 bits per heavy atom. The summed E-state index contributed by atoms with van der Waals surface area (Å²) in [6, 6.07) is 8.41. The van der Waals surface area contributed by atoms with Crippen molar-refractivity contribution in [2.24, 2.45) is 5.41 Å². The molecule has 8 heteroatoms. The molecule has 1 aromatic heterocycles. The molecule has 3 rings (SSSR count). The molecule has 3 N–H and O–H groups in total. The highest BCUT2D eigenvalue weighted by Gasteiger charge is 2.47. The third-order valence-corrected chi connectivity index (χ3v) is 5.57. The number of hydrogen-bond donors (Lipinski definition) is 3. The number of hydrogen-bond acceptors (Lipinski definition) is 6. The van der Waals surface area contributed by atoms with Crippen molar-refractivity contribution in [1.29, 1.82) is 5.26 Å². The Labute approximate surface area is 169 Å². The summed E-state index contributed by atoms with van der Waals surface area (Å²) in [6.45, 7) is 5.25. The highest BCUT2D eigenvalue weighted by molar-refractivity contribution is 5.54. The summed E-state index contributed by atoms with van der Waals surface area (Å²) in [7, 11) is 0. The Hall–Kier alpha value is -2.79. The smallest absolute Gasteiger partial charge is 0.270 e. The second kappa shape index (κ2) is 7.91. The average molecular weight is 401 g/mol. The molecule has 6 nitrogen and oxygen atoms in total. The molecule has 1 aromatic carbocycles. The van der Waals surface area contributed by atoms with Gasteiger partial charge in [0.2, 0.25) is 5.95 Å². The number of benzene rings is 1. The summed E-state index contributed by atoms with van der Waals surface area (Å²) in [6.07, 6.45) is 2.16. The van der Waals surface area contributed by atoms with Crippen molar-refractivity contribution < 1.29 is 13.9 Å². The van der Waals surface area contributed by atoms with Gasteiger partial charge in [-0.1, -0.05) is 32.0 Å². The van der Waals surface area contributed by atoms with Gasteiger partial charge in [0.15, 0.2) is 0 Å². The Morgan fingerprint density at radius 2 is 2.14 bits per heavy atom. The highest BCUT2D eigenvalue weighted by atomic mass is 19.3. The molecule has 2 aromatic rings. The summed E-state index contributed by atoms with van der Waals surface area (Å²) < 4.78 is 26.9. The van der Waals surface area contributed by atoms with Crippen LogP contribution in [0.15, 0.2) is 30.5 Å². The zero-order chi connectivity index (χ0) is 21.2. The molecule has 0 amide bonds. The van der Waals surface area contributed by atoms with E-state index in [1.165, 1.54) is 18.3 Å². The number of alkyl halides is 2. The van der Waals surface area contributed by atoms with Gasteiger partial charge in [-0.3, -0.25) is 0 Å². The lowest BCUT2D eigenvalue weighted by Gasteiger charge is -2.49. The van der Waals surface area contributed by atoms with Crippen LogP contribution in [0.3, 0.4) is 0 Å². The second-order valence-corrected chi connectivity index (χ2v) is 8.10. The largest absolute Gasteiger partial charge is 0.392 e. The van der Waals surface area contributed by atoms with Crippen molar-refractivity contribution >= 4 is 11.8 Å². The average Bonchev–Trinajstić information content (AvgIpc) is 2.67. The monoisotopic (exact) mass is 401 g/mol. The normalized spacial score (nSPS) is 20.4. The van der Waals surface area contributed by atoms with E-state index in [0.717, 1.165) is 12.5 Å². The van der Waals surface area contributed by atoms with Crippen molar-refractivity contribution in [1.82, 2.24) is 9.97 Å². The van der Waals surface area contributed by atoms with Crippen LogP contribution < -0.4 is 10.6 Å². The van der Waals surface area contributed by atoms with E-state index in [4.69, 9.17) is 0 Å². The van der Waals surface area contributed by atoms with Gasteiger partial charge in [0.05, 0.1) is 12.3 Å². The van der Waals surface area contributed by atoms with E-state index in [1.807, 2.05) is 13.8 Å². The lowest BCUT2D eigenvalue weighted by Crippen LogP contribution is -2.57. The molecular formula is C21H25F2N5O. The Kier molecular flexibility index (Phi) is 5.71. The molecule has 0 bridgehead atoms. The number of rotatable bonds is 7. The van der Waals surface area contributed by atoms with Crippen molar-refractivity contribution in [2.45, 2.75) is 51.7 Å². The van der Waals surface area contributed by atoms with E-state index >= 15 is 0 Å². The first-order valence-electron chi connectivity index (χ1n) is 9.54. The van der Waals surface area contributed by atoms with E-state index in [-0.39, 0.29) is 17.0 Å². The molecule has 1 aliphatic carbocycles. The summed E-state index contributed by atoms with van der Waals surface area (Å²) >= 11 is 0. The fourth-order valence-electron chi connectivity index (χ4n) is 3.29. The molecule has 29 heavy (non-hydrogen) atoms. The molecule has 0 aliphatic heterocycles. The summed E-state index contributed by atoms with van der Waals surface area (Å²) in [5.41, 5.74) is 0.790. The van der Waals surface area contributed by atoms with E-state index in [9.17, 15) is 19.1 Å². The molecule has 1 fully saturated rings. The molecule has 154 valence electrons. The predicted octanol–water partition coefficient (Wildman–Crippen LogP) is 3.69. The van der Waals surface area contributed by atoms with E-state index in [2.05, 4.69) is 26.7 Å². The highest BCUT2D eigenvalue weighted by Crippen LogP contribution is 2.42. The maximum atomic E-state index is 13.5. The first-order valence-corrected chi connectivity index (χ1v) is 9.54. The molecule has 0 saturated heterocycles. The van der Waals surface area contributed by atoms with Crippen LogP contribution in [0.1, 0.15) is 43.9 Å². The summed E-state index contributed by atoms with van der Waals surface area (Å²) in [5, 5.41) is 25.5. The molecule has 1 aliphatic rings. The number of aliphatic hydroxyl groups excluding tert-OH is 1. The van der Waals surface area contributed by atoms with Crippen LogP contribution in [0.2, 0.25) is 0 Å². The van der Waals surface area contributed by atoms with Crippen molar-refractivity contribution in [3.05, 3.63) is 47.2 Å². The molecular weight excluding hydrogens is 376 g/mol. The van der Waals surface area contributed by atoms with Gasteiger partial charge in [0.25, 0.3) is 5.92 Å². The van der Waals surface area contributed by atoms with Crippen LogP contribution in [-0.4, -0.2) is 33.8 Å². The quantitative estimate of drug-likeness (QED) is 0.655. The fraction of sp³-hybridized carbons (Fsp3) is 0.476. The molecule has 2 atom stereocenters. The van der Waals surface area contributed by atoms with Gasteiger partial charge in [-0.2, -0.15) is 10.2 Å². The standard InChI is InChI=1S/C21H25F2N5O/c1-20(2)16(10-17(20)29)27-18-14(11-24)12-26-19(28-18)25-8-7-13-5-4-6-15(9-13)21(3,22)23/h4-6,9,12,16-17,29H,7-8,10H2,1-3H3,(H2,25,26,27,28)/t16-,17+/m1/s1. The van der Waals surface area contributed by atoms with Crippen molar-refractivity contribution in [2.75, 3.05) is 17.2 Å². The van der Waals surface area contributed by atoms with Crippen LogP contribution in [0, 0.1) is 16.7 Å². The van der Waals surface area contributed by atoms with Gasteiger partial charge in [-0.05, 0) is 24.5 Å².